The van der Waals surface area contributed by atoms with Crippen LogP contribution in [0.4, 0.5) is 0 Å². The predicted octanol–water partition coefficient (Wildman–Crippen LogP) is 1.61. The van der Waals surface area contributed by atoms with Crippen LogP contribution in [0.1, 0.15) is 51.7 Å². The standard InChI is InChI=1S/C14H25N3O3/c1-10(2)7-8-14(4,19)9-15-12(18)5-6-13-16-11(3)17-20-13/h10,19H,5-9H2,1-4H3,(H,15,18). The molecule has 0 saturated heterocycles. The number of aromatic nitrogens is 2. The Hall–Kier alpha value is -1.43. The van der Waals surface area contributed by atoms with Gasteiger partial charge in [-0.05, 0) is 32.6 Å². The maximum absolute atomic E-state index is 11.7. The van der Waals surface area contributed by atoms with Crippen molar-refractivity contribution in [1.82, 2.24) is 15.5 Å². The highest BCUT2D eigenvalue weighted by Gasteiger charge is 2.21. The Morgan fingerprint density at radius 3 is 2.75 bits per heavy atom. The molecule has 1 heterocycles. The summed E-state index contributed by atoms with van der Waals surface area (Å²) in [7, 11) is 0. The highest BCUT2D eigenvalue weighted by atomic mass is 16.5. The second kappa shape index (κ2) is 7.38. The third-order valence-electron chi connectivity index (χ3n) is 3.06. The first kappa shape index (κ1) is 16.6. The second-order valence-electron chi connectivity index (χ2n) is 5.94. The van der Waals surface area contributed by atoms with E-state index in [1.54, 1.807) is 13.8 Å². The molecule has 1 rings (SSSR count). The van der Waals surface area contributed by atoms with Gasteiger partial charge in [0.1, 0.15) is 0 Å². The van der Waals surface area contributed by atoms with Crippen molar-refractivity contribution in [1.29, 1.82) is 0 Å². The molecule has 20 heavy (non-hydrogen) atoms. The first-order chi connectivity index (χ1) is 9.28. The molecular weight excluding hydrogens is 258 g/mol. The van der Waals surface area contributed by atoms with Crippen LogP contribution in [0, 0.1) is 12.8 Å². The molecule has 0 aliphatic heterocycles. The molecule has 1 amide bonds. The highest BCUT2D eigenvalue weighted by molar-refractivity contribution is 5.76. The summed E-state index contributed by atoms with van der Waals surface area (Å²) in [5, 5.41) is 16.6. The van der Waals surface area contributed by atoms with E-state index in [9.17, 15) is 9.90 Å². The van der Waals surface area contributed by atoms with Crippen molar-refractivity contribution in [2.45, 2.75) is 59.0 Å². The molecular formula is C14H25N3O3. The summed E-state index contributed by atoms with van der Waals surface area (Å²) in [5.74, 6) is 1.45. The van der Waals surface area contributed by atoms with Gasteiger partial charge in [-0.3, -0.25) is 4.79 Å². The van der Waals surface area contributed by atoms with Gasteiger partial charge in [-0.15, -0.1) is 0 Å². The fourth-order valence-corrected chi connectivity index (χ4v) is 1.73. The van der Waals surface area contributed by atoms with Crippen LogP contribution in [0.15, 0.2) is 4.52 Å². The van der Waals surface area contributed by atoms with Gasteiger partial charge in [0.15, 0.2) is 5.82 Å². The first-order valence-electron chi connectivity index (χ1n) is 7.07. The quantitative estimate of drug-likeness (QED) is 0.756. The van der Waals surface area contributed by atoms with Gasteiger partial charge in [-0.2, -0.15) is 4.98 Å². The zero-order chi connectivity index (χ0) is 15.2. The molecule has 0 aliphatic rings. The summed E-state index contributed by atoms with van der Waals surface area (Å²) in [6.07, 6.45) is 2.31. The van der Waals surface area contributed by atoms with Crippen molar-refractivity contribution < 1.29 is 14.4 Å². The highest BCUT2D eigenvalue weighted by Crippen LogP contribution is 2.15. The van der Waals surface area contributed by atoms with E-state index in [0.29, 0.717) is 30.5 Å². The third-order valence-corrected chi connectivity index (χ3v) is 3.06. The van der Waals surface area contributed by atoms with Crippen LogP contribution in [0.5, 0.6) is 0 Å². The van der Waals surface area contributed by atoms with Crippen LogP contribution in [-0.2, 0) is 11.2 Å². The van der Waals surface area contributed by atoms with Gasteiger partial charge < -0.3 is 14.9 Å². The normalized spacial score (nSPS) is 14.3. The summed E-state index contributed by atoms with van der Waals surface area (Å²) in [6.45, 7) is 7.97. The fourth-order valence-electron chi connectivity index (χ4n) is 1.73. The van der Waals surface area contributed by atoms with Crippen LogP contribution >= 0.6 is 0 Å². The average Bonchev–Trinajstić information content (AvgIpc) is 2.78. The Balaban J connectivity index is 2.25. The molecule has 114 valence electrons. The van der Waals surface area contributed by atoms with E-state index in [2.05, 4.69) is 29.3 Å². The zero-order valence-electron chi connectivity index (χ0n) is 12.8. The topological polar surface area (TPSA) is 88.2 Å². The Morgan fingerprint density at radius 2 is 2.20 bits per heavy atom. The van der Waals surface area contributed by atoms with Gasteiger partial charge in [-0.25, -0.2) is 0 Å². The van der Waals surface area contributed by atoms with Crippen LogP contribution in [-0.4, -0.2) is 33.3 Å². The lowest BCUT2D eigenvalue weighted by Gasteiger charge is -2.24. The molecule has 0 saturated carbocycles. The molecule has 6 heteroatoms. The number of nitrogens with zero attached hydrogens (tertiary/aromatic N) is 2. The second-order valence-corrected chi connectivity index (χ2v) is 5.94. The van der Waals surface area contributed by atoms with Crippen molar-refractivity contribution >= 4 is 5.91 Å². The lowest BCUT2D eigenvalue weighted by atomic mass is 9.95. The van der Waals surface area contributed by atoms with Crippen LogP contribution in [0.25, 0.3) is 0 Å². The number of carbonyl (C=O) groups excluding carboxylic acids is 1. The van der Waals surface area contributed by atoms with Crippen molar-refractivity contribution in [2.75, 3.05) is 6.54 Å². The lowest BCUT2D eigenvalue weighted by molar-refractivity contribution is -0.122. The van der Waals surface area contributed by atoms with Crippen molar-refractivity contribution in [3.05, 3.63) is 11.7 Å². The largest absolute Gasteiger partial charge is 0.388 e. The Bertz CT molecular complexity index is 427. The van der Waals surface area contributed by atoms with Crippen LogP contribution in [0.2, 0.25) is 0 Å². The molecule has 1 atom stereocenters. The maximum atomic E-state index is 11.7. The minimum Gasteiger partial charge on any atom is -0.388 e. The molecule has 0 bridgehead atoms. The van der Waals surface area contributed by atoms with E-state index in [1.165, 1.54) is 0 Å². The number of nitrogens with one attached hydrogen (secondary N) is 1. The SMILES string of the molecule is Cc1noc(CCC(=O)NCC(C)(O)CCC(C)C)n1. The number of hydrogen-bond acceptors (Lipinski definition) is 5. The Kier molecular flexibility index (Phi) is 6.13. The van der Waals surface area contributed by atoms with Gasteiger partial charge in [-0.1, -0.05) is 19.0 Å². The van der Waals surface area contributed by atoms with E-state index in [1.807, 2.05) is 0 Å². The molecule has 1 aromatic heterocycles. The van der Waals surface area contributed by atoms with E-state index in [-0.39, 0.29) is 18.9 Å². The molecule has 6 nitrogen and oxygen atoms in total. The van der Waals surface area contributed by atoms with E-state index >= 15 is 0 Å². The molecule has 0 radical (unpaired) electrons. The summed E-state index contributed by atoms with van der Waals surface area (Å²) in [4.78, 5) is 15.7. The summed E-state index contributed by atoms with van der Waals surface area (Å²) in [5.41, 5.74) is -0.860. The van der Waals surface area contributed by atoms with Crippen LogP contribution < -0.4 is 5.32 Å². The number of rotatable bonds is 8. The Labute approximate surface area is 120 Å². The molecule has 1 aromatic rings. The van der Waals surface area contributed by atoms with E-state index < -0.39 is 5.60 Å². The molecule has 2 N–H and O–H groups in total. The third kappa shape index (κ3) is 6.65. The minimum absolute atomic E-state index is 0.120. The lowest BCUT2D eigenvalue weighted by Crippen LogP contribution is -2.40. The number of carbonyl (C=O) groups is 1. The monoisotopic (exact) mass is 283 g/mol. The summed E-state index contributed by atoms with van der Waals surface area (Å²) >= 11 is 0. The number of amides is 1. The first-order valence-corrected chi connectivity index (χ1v) is 7.07. The summed E-state index contributed by atoms with van der Waals surface area (Å²) in [6, 6.07) is 0. The van der Waals surface area contributed by atoms with Gasteiger partial charge in [0.05, 0.1) is 5.60 Å². The summed E-state index contributed by atoms with van der Waals surface area (Å²) < 4.78 is 4.93. The zero-order valence-corrected chi connectivity index (χ0v) is 12.8. The number of aliphatic hydroxyl groups is 1. The number of aryl methyl sites for hydroxylation is 2. The molecule has 0 spiro atoms. The maximum Gasteiger partial charge on any atom is 0.227 e. The molecule has 0 aliphatic carbocycles. The van der Waals surface area contributed by atoms with Gasteiger partial charge >= 0.3 is 0 Å². The molecule has 0 fully saturated rings. The number of hydrogen-bond donors (Lipinski definition) is 2. The van der Waals surface area contributed by atoms with Crippen molar-refractivity contribution in [3.63, 3.8) is 0 Å². The van der Waals surface area contributed by atoms with Crippen LogP contribution in [0.3, 0.4) is 0 Å². The van der Waals surface area contributed by atoms with E-state index in [0.717, 1.165) is 6.42 Å². The smallest absolute Gasteiger partial charge is 0.227 e. The molecule has 1 unspecified atom stereocenters. The average molecular weight is 283 g/mol. The fraction of sp³-hybridized carbons (Fsp3) is 0.786. The van der Waals surface area contributed by atoms with Crippen molar-refractivity contribution in [3.8, 4) is 0 Å². The van der Waals surface area contributed by atoms with Crippen molar-refractivity contribution in [2.24, 2.45) is 5.92 Å². The predicted molar refractivity (Wildman–Crippen MR) is 75.1 cm³/mol. The van der Waals surface area contributed by atoms with Gasteiger partial charge in [0, 0.05) is 19.4 Å². The molecule has 0 aromatic carbocycles. The van der Waals surface area contributed by atoms with Gasteiger partial charge in [0.2, 0.25) is 11.8 Å². The minimum atomic E-state index is -0.860. The van der Waals surface area contributed by atoms with Gasteiger partial charge in [0.25, 0.3) is 0 Å². The van der Waals surface area contributed by atoms with E-state index in [4.69, 9.17) is 4.52 Å². The Morgan fingerprint density at radius 1 is 1.50 bits per heavy atom.